The van der Waals surface area contributed by atoms with Crippen molar-refractivity contribution in [3.05, 3.63) is 0 Å². The van der Waals surface area contributed by atoms with Crippen LogP contribution in [-0.4, -0.2) is 32.6 Å². The number of fused-ring (bicyclic) bond motifs is 2. The van der Waals surface area contributed by atoms with Gasteiger partial charge in [0.2, 0.25) is 5.91 Å². The van der Waals surface area contributed by atoms with Crippen molar-refractivity contribution in [3.63, 3.8) is 0 Å². The van der Waals surface area contributed by atoms with Gasteiger partial charge in [0, 0.05) is 0 Å². The molecule has 128 valence electrons. The molecule has 0 spiro atoms. The van der Waals surface area contributed by atoms with Crippen molar-refractivity contribution in [3.8, 4) is 0 Å². The predicted molar refractivity (Wildman–Crippen MR) is 93.3 cm³/mol. The lowest BCUT2D eigenvalue weighted by Gasteiger charge is -2.33. The molecule has 4 aliphatic rings. The number of rotatable bonds is 2. The Kier molecular flexibility index (Phi) is 3.62. The molecule has 2 N–H and O–H groups in total. The topological polar surface area (TPSA) is 61.7 Å². The van der Waals surface area contributed by atoms with Crippen LogP contribution in [0.2, 0.25) is 0 Å². The third-order valence-electron chi connectivity index (χ3n) is 7.05. The monoisotopic (exact) mass is 336 g/mol. The summed E-state index contributed by atoms with van der Waals surface area (Å²) in [6.07, 6.45) is 6.43. The predicted octanol–water partition coefficient (Wildman–Crippen LogP) is 2.95. The first kappa shape index (κ1) is 15.9. The first-order chi connectivity index (χ1) is 10.8. The van der Waals surface area contributed by atoms with Crippen LogP contribution in [-0.2, 0) is 4.79 Å². The highest BCUT2D eigenvalue weighted by atomic mass is 32.2. The minimum absolute atomic E-state index is 0.0940. The van der Waals surface area contributed by atoms with Crippen LogP contribution in [0.15, 0.2) is 4.99 Å². The lowest BCUT2D eigenvalue weighted by molar-refractivity contribution is -0.122. The highest BCUT2D eigenvalue weighted by Gasteiger charge is 2.55. The Morgan fingerprint density at radius 2 is 2.09 bits per heavy atom. The van der Waals surface area contributed by atoms with Crippen molar-refractivity contribution in [1.82, 2.24) is 5.32 Å². The van der Waals surface area contributed by atoms with E-state index >= 15 is 0 Å². The van der Waals surface area contributed by atoms with Crippen LogP contribution in [0.4, 0.5) is 0 Å². The van der Waals surface area contributed by atoms with E-state index in [0.29, 0.717) is 17.8 Å². The van der Waals surface area contributed by atoms with E-state index in [-0.39, 0.29) is 17.9 Å². The Balaban J connectivity index is 1.59. The van der Waals surface area contributed by atoms with Crippen molar-refractivity contribution in [2.45, 2.75) is 75.7 Å². The Bertz CT molecular complexity index is 561. The molecule has 0 aromatic carbocycles. The van der Waals surface area contributed by atoms with Crippen molar-refractivity contribution in [2.24, 2.45) is 28.7 Å². The third-order valence-corrected chi connectivity index (χ3v) is 8.53. The van der Waals surface area contributed by atoms with Crippen molar-refractivity contribution in [2.75, 3.05) is 0 Å². The number of amidine groups is 1. The van der Waals surface area contributed by atoms with E-state index in [4.69, 9.17) is 4.99 Å². The molecule has 6 atom stereocenters. The molecule has 3 saturated carbocycles. The minimum Gasteiger partial charge on any atom is -0.390 e. The molecule has 1 saturated heterocycles. The molecule has 4 rings (SSSR count). The van der Waals surface area contributed by atoms with Gasteiger partial charge in [-0.1, -0.05) is 32.0 Å². The van der Waals surface area contributed by atoms with Crippen molar-refractivity contribution < 1.29 is 9.90 Å². The van der Waals surface area contributed by atoms with E-state index in [2.05, 4.69) is 19.2 Å². The fraction of sp³-hybridized carbons (Fsp3) is 0.889. The molecule has 4 fully saturated rings. The van der Waals surface area contributed by atoms with E-state index < -0.39 is 10.3 Å². The maximum atomic E-state index is 12.4. The molecule has 23 heavy (non-hydrogen) atoms. The molecule has 5 heteroatoms. The number of nitrogens with zero attached hydrogens (tertiary/aromatic N) is 1. The number of amides is 1. The molecule has 3 bridgehead atoms. The van der Waals surface area contributed by atoms with E-state index in [9.17, 15) is 9.90 Å². The van der Waals surface area contributed by atoms with E-state index in [1.54, 1.807) is 11.8 Å². The summed E-state index contributed by atoms with van der Waals surface area (Å²) in [5.41, 5.74) is -0.424. The quantitative estimate of drug-likeness (QED) is 0.815. The zero-order chi connectivity index (χ0) is 16.4. The van der Waals surface area contributed by atoms with Gasteiger partial charge in [0.05, 0.1) is 11.6 Å². The van der Waals surface area contributed by atoms with Gasteiger partial charge < -0.3 is 10.4 Å². The van der Waals surface area contributed by atoms with Crippen LogP contribution in [0, 0.1) is 23.7 Å². The second kappa shape index (κ2) is 5.22. The highest BCUT2D eigenvalue weighted by molar-refractivity contribution is 8.16. The molecular weight excluding hydrogens is 308 g/mol. The van der Waals surface area contributed by atoms with Crippen LogP contribution >= 0.6 is 11.8 Å². The molecule has 0 aromatic rings. The average molecular weight is 337 g/mol. The second-order valence-electron chi connectivity index (χ2n) is 8.63. The molecule has 1 amide bonds. The number of hydrogen-bond donors (Lipinski definition) is 2. The smallest absolute Gasteiger partial charge is 0.242 e. The summed E-state index contributed by atoms with van der Waals surface area (Å²) in [7, 11) is 0. The summed E-state index contributed by atoms with van der Waals surface area (Å²) >= 11 is 1.61. The molecule has 3 aliphatic carbocycles. The van der Waals surface area contributed by atoms with Gasteiger partial charge in [-0.05, 0) is 62.7 Å². The molecule has 0 radical (unpaired) electrons. The Morgan fingerprint density at radius 3 is 2.78 bits per heavy atom. The normalized spacial score (nSPS) is 50.7. The van der Waals surface area contributed by atoms with Gasteiger partial charge in [-0.15, -0.1) is 0 Å². The molecule has 1 heterocycles. The lowest BCUT2D eigenvalue weighted by Crippen LogP contribution is -2.38. The largest absolute Gasteiger partial charge is 0.390 e. The third kappa shape index (κ3) is 2.38. The number of nitrogens with one attached hydrogen (secondary N) is 1. The van der Waals surface area contributed by atoms with Gasteiger partial charge in [0.1, 0.15) is 4.75 Å². The van der Waals surface area contributed by atoms with Gasteiger partial charge in [-0.3, -0.25) is 9.79 Å². The SMILES string of the molecule is CC(C)C1(C)SC(=N[C@H]2C3CCCC4(O)CC2CC4C3)NC1=O. The van der Waals surface area contributed by atoms with E-state index in [0.717, 1.165) is 37.3 Å². The maximum Gasteiger partial charge on any atom is 0.242 e. The summed E-state index contributed by atoms with van der Waals surface area (Å²) in [6, 6.07) is 0.290. The first-order valence-electron chi connectivity index (χ1n) is 9.12. The fourth-order valence-electron chi connectivity index (χ4n) is 5.30. The summed E-state index contributed by atoms with van der Waals surface area (Å²) in [5, 5.41) is 14.8. The maximum absolute atomic E-state index is 12.4. The average Bonchev–Trinajstić information content (AvgIpc) is 2.86. The van der Waals surface area contributed by atoms with Gasteiger partial charge in [-0.2, -0.15) is 0 Å². The minimum atomic E-state index is -0.424. The summed E-state index contributed by atoms with van der Waals surface area (Å²) in [6.45, 7) is 6.21. The molecular formula is C18H28N2O2S. The molecule has 4 nitrogen and oxygen atoms in total. The molecule has 1 aliphatic heterocycles. The van der Waals surface area contributed by atoms with Crippen molar-refractivity contribution >= 4 is 22.8 Å². The highest BCUT2D eigenvalue weighted by Crippen LogP contribution is 2.56. The fourth-order valence-corrected chi connectivity index (χ4v) is 6.40. The second-order valence-corrected chi connectivity index (χ2v) is 10.1. The molecule has 5 unspecified atom stereocenters. The molecule has 0 aromatic heterocycles. The number of aliphatic hydroxyl groups is 1. The number of carbonyl (C=O) groups is 1. The number of carbonyl (C=O) groups excluding carboxylic acids is 1. The van der Waals surface area contributed by atoms with E-state index in [1.807, 2.05) is 6.92 Å². The number of hydrogen-bond acceptors (Lipinski definition) is 4. The van der Waals surface area contributed by atoms with Gasteiger partial charge in [0.15, 0.2) is 5.17 Å². The van der Waals surface area contributed by atoms with Crippen LogP contribution in [0.5, 0.6) is 0 Å². The standard InChI is InChI=1S/C18H28N2O2S/c1-10(2)17(3)15(21)20-16(23-17)19-14-11-5-4-6-18(22)9-12(14)8-13(18)7-11/h10-14,22H,4-9H2,1-3H3,(H,19,20,21)/t11?,12?,13?,14-,17?,18?/m0/s1. The summed E-state index contributed by atoms with van der Waals surface area (Å²) in [5.74, 6) is 1.95. The first-order valence-corrected chi connectivity index (χ1v) is 9.94. The zero-order valence-corrected chi connectivity index (χ0v) is 15.2. The van der Waals surface area contributed by atoms with Gasteiger partial charge in [-0.25, -0.2) is 0 Å². The Labute approximate surface area is 142 Å². The van der Waals surface area contributed by atoms with Gasteiger partial charge in [0.25, 0.3) is 0 Å². The van der Waals surface area contributed by atoms with Crippen LogP contribution in [0.3, 0.4) is 0 Å². The van der Waals surface area contributed by atoms with Crippen LogP contribution < -0.4 is 5.32 Å². The Morgan fingerprint density at radius 1 is 1.35 bits per heavy atom. The number of thioether (sulfide) groups is 1. The van der Waals surface area contributed by atoms with Crippen molar-refractivity contribution in [1.29, 1.82) is 0 Å². The summed E-state index contributed by atoms with van der Waals surface area (Å²) < 4.78 is -0.404. The Hall–Kier alpha value is -0.550. The zero-order valence-electron chi connectivity index (χ0n) is 14.3. The van der Waals surface area contributed by atoms with Crippen LogP contribution in [0.25, 0.3) is 0 Å². The van der Waals surface area contributed by atoms with E-state index in [1.165, 1.54) is 6.42 Å². The summed E-state index contributed by atoms with van der Waals surface area (Å²) in [4.78, 5) is 17.4. The number of aliphatic imine (C=N–C) groups is 1. The van der Waals surface area contributed by atoms with Gasteiger partial charge >= 0.3 is 0 Å². The van der Waals surface area contributed by atoms with Crippen LogP contribution in [0.1, 0.15) is 59.3 Å². The lowest BCUT2D eigenvalue weighted by atomic mass is 9.76.